The number of thioether (sulfide) groups is 1. The third kappa shape index (κ3) is 3.79. The zero-order valence-electron chi connectivity index (χ0n) is 12.0. The molecule has 1 unspecified atom stereocenters. The van der Waals surface area contributed by atoms with Gasteiger partial charge in [0.1, 0.15) is 10.0 Å². The van der Waals surface area contributed by atoms with E-state index in [4.69, 9.17) is 0 Å². The van der Waals surface area contributed by atoms with Crippen molar-refractivity contribution in [2.75, 3.05) is 17.3 Å². The quantitative estimate of drug-likeness (QED) is 0.854. The predicted octanol–water partition coefficient (Wildman–Crippen LogP) is 3.59. The molecule has 0 aliphatic carbocycles. The molecular weight excluding hydrogens is 309 g/mol. The van der Waals surface area contributed by atoms with Gasteiger partial charge in [0.15, 0.2) is 0 Å². The van der Waals surface area contributed by atoms with Gasteiger partial charge < -0.3 is 5.32 Å². The molecular formula is C14H16FN3OS2. The molecule has 0 radical (unpaired) electrons. The van der Waals surface area contributed by atoms with Gasteiger partial charge >= 0.3 is 0 Å². The molecule has 0 fully saturated rings. The molecule has 2 heterocycles. The van der Waals surface area contributed by atoms with Crippen molar-refractivity contribution in [3.63, 3.8) is 0 Å². The SMILES string of the molecule is CSCC(C)C(=O)Nc1sc(-c2cccnc2F)nc1C. The Morgan fingerprint density at radius 1 is 1.57 bits per heavy atom. The minimum atomic E-state index is -0.556. The van der Waals surface area contributed by atoms with Crippen molar-refractivity contribution in [3.8, 4) is 10.6 Å². The number of aryl methyl sites for hydroxylation is 1. The summed E-state index contributed by atoms with van der Waals surface area (Å²) in [6.45, 7) is 3.67. The highest BCUT2D eigenvalue weighted by atomic mass is 32.2. The predicted molar refractivity (Wildman–Crippen MR) is 86.2 cm³/mol. The van der Waals surface area contributed by atoms with Crippen LogP contribution in [0.3, 0.4) is 0 Å². The van der Waals surface area contributed by atoms with E-state index < -0.39 is 5.95 Å². The molecule has 0 saturated carbocycles. The number of carbonyl (C=O) groups is 1. The first-order valence-electron chi connectivity index (χ1n) is 6.41. The molecule has 112 valence electrons. The molecule has 21 heavy (non-hydrogen) atoms. The highest BCUT2D eigenvalue weighted by Crippen LogP contribution is 2.32. The Hall–Kier alpha value is -1.47. The lowest BCUT2D eigenvalue weighted by Crippen LogP contribution is -2.21. The van der Waals surface area contributed by atoms with Crippen LogP contribution in [0.4, 0.5) is 9.39 Å². The summed E-state index contributed by atoms with van der Waals surface area (Å²) in [4.78, 5) is 20.0. The summed E-state index contributed by atoms with van der Waals surface area (Å²) in [6.07, 6.45) is 3.36. The van der Waals surface area contributed by atoms with E-state index in [1.807, 2.05) is 13.2 Å². The van der Waals surface area contributed by atoms with Gasteiger partial charge in [-0.05, 0) is 25.3 Å². The van der Waals surface area contributed by atoms with Crippen molar-refractivity contribution >= 4 is 34.0 Å². The van der Waals surface area contributed by atoms with Crippen molar-refractivity contribution < 1.29 is 9.18 Å². The average Bonchev–Trinajstić information content (AvgIpc) is 2.80. The van der Waals surface area contributed by atoms with Crippen LogP contribution in [-0.2, 0) is 4.79 Å². The number of hydrogen-bond donors (Lipinski definition) is 1. The second kappa shape index (κ2) is 7.00. The Morgan fingerprint density at radius 3 is 3.00 bits per heavy atom. The number of thiazole rings is 1. The summed E-state index contributed by atoms with van der Waals surface area (Å²) >= 11 is 2.89. The minimum Gasteiger partial charge on any atom is -0.316 e. The molecule has 1 amide bonds. The third-order valence-electron chi connectivity index (χ3n) is 2.89. The van der Waals surface area contributed by atoms with E-state index in [1.54, 1.807) is 30.8 Å². The van der Waals surface area contributed by atoms with E-state index in [0.29, 0.717) is 21.3 Å². The fourth-order valence-electron chi connectivity index (χ4n) is 1.73. The van der Waals surface area contributed by atoms with Crippen molar-refractivity contribution in [1.29, 1.82) is 0 Å². The molecule has 0 aliphatic heterocycles. The molecule has 0 aliphatic rings. The molecule has 0 saturated heterocycles. The molecule has 2 aromatic heterocycles. The summed E-state index contributed by atoms with van der Waals surface area (Å²) in [5, 5.41) is 4.04. The number of anilines is 1. The maximum Gasteiger partial charge on any atom is 0.228 e. The summed E-state index contributed by atoms with van der Waals surface area (Å²) in [7, 11) is 0. The van der Waals surface area contributed by atoms with Gasteiger partial charge in [0.2, 0.25) is 11.9 Å². The highest BCUT2D eigenvalue weighted by Gasteiger charge is 2.17. The molecule has 0 bridgehead atoms. The van der Waals surface area contributed by atoms with Crippen molar-refractivity contribution in [2.45, 2.75) is 13.8 Å². The van der Waals surface area contributed by atoms with Crippen LogP contribution in [0.5, 0.6) is 0 Å². The van der Waals surface area contributed by atoms with Gasteiger partial charge in [-0.2, -0.15) is 16.2 Å². The molecule has 1 atom stereocenters. The van der Waals surface area contributed by atoms with Crippen LogP contribution in [0.15, 0.2) is 18.3 Å². The van der Waals surface area contributed by atoms with Gasteiger partial charge in [-0.3, -0.25) is 4.79 Å². The zero-order valence-corrected chi connectivity index (χ0v) is 13.6. The van der Waals surface area contributed by atoms with Crippen LogP contribution in [0.25, 0.3) is 10.6 Å². The lowest BCUT2D eigenvalue weighted by atomic mass is 10.2. The smallest absolute Gasteiger partial charge is 0.228 e. The third-order valence-corrected chi connectivity index (χ3v) is 4.83. The molecule has 4 nitrogen and oxygen atoms in total. The normalized spacial score (nSPS) is 12.2. The van der Waals surface area contributed by atoms with Gasteiger partial charge in [-0.25, -0.2) is 9.97 Å². The van der Waals surface area contributed by atoms with Crippen molar-refractivity contribution in [2.24, 2.45) is 5.92 Å². The summed E-state index contributed by atoms with van der Waals surface area (Å²) in [5.41, 5.74) is 1.03. The zero-order chi connectivity index (χ0) is 15.4. The van der Waals surface area contributed by atoms with Gasteiger partial charge in [0.05, 0.1) is 11.3 Å². The average molecular weight is 325 g/mol. The van der Waals surface area contributed by atoms with Gasteiger partial charge in [0.25, 0.3) is 0 Å². The summed E-state index contributed by atoms with van der Waals surface area (Å²) in [6, 6.07) is 3.29. The van der Waals surface area contributed by atoms with E-state index >= 15 is 0 Å². The van der Waals surface area contributed by atoms with Crippen LogP contribution in [0.1, 0.15) is 12.6 Å². The number of carbonyl (C=O) groups excluding carboxylic acids is 1. The Morgan fingerprint density at radius 2 is 2.33 bits per heavy atom. The van der Waals surface area contributed by atoms with E-state index in [0.717, 1.165) is 5.75 Å². The fourth-order valence-corrected chi connectivity index (χ4v) is 3.37. The first kappa shape index (κ1) is 15.9. The van der Waals surface area contributed by atoms with Gasteiger partial charge in [-0.1, -0.05) is 18.3 Å². The Labute approximate surface area is 131 Å². The number of rotatable bonds is 5. The molecule has 2 aromatic rings. The summed E-state index contributed by atoms with van der Waals surface area (Å²) < 4.78 is 13.7. The number of hydrogen-bond acceptors (Lipinski definition) is 5. The second-order valence-corrected chi connectivity index (χ2v) is 6.53. The van der Waals surface area contributed by atoms with E-state index in [9.17, 15) is 9.18 Å². The number of nitrogens with one attached hydrogen (secondary N) is 1. The van der Waals surface area contributed by atoms with Crippen LogP contribution < -0.4 is 5.32 Å². The van der Waals surface area contributed by atoms with Crippen LogP contribution >= 0.6 is 23.1 Å². The monoisotopic (exact) mass is 325 g/mol. The number of aromatic nitrogens is 2. The Bertz CT molecular complexity index is 645. The highest BCUT2D eigenvalue weighted by molar-refractivity contribution is 7.98. The number of halogens is 1. The maximum absolute atomic E-state index is 13.7. The maximum atomic E-state index is 13.7. The first-order valence-corrected chi connectivity index (χ1v) is 8.62. The van der Waals surface area contributed by atoms with Crippen molar-refractivity contribution in [3.05, 3.63) is 30.0 Å². The lowest BCUT2D eigenvalue weighted by Gasteiger charge is -2.09. The van der Waals surface area contributed by atoms with Gasteiger partial charge in [0, 0.05) is 17.9 Å². The van der Waals surface area contributed by atoms with Crippen LogP contribution in [-0.4, -0.2) is 27.9 Å². The molecule has 1 N–H and O–H groups in total. The second-order valence-electron chi connectivity index (χ2n) is 4.62. The lowest BCUT2D eigenvalue weighted by molar-refractivity contribution is -0.118. The Kier molecular flexibility index (Phi) is 5.30. The number of pyridine rings is 1. The van der Waals surface area contributed by atoms with Crippen molar-refractivity contribution in [1.82, 2.24) is 9.97 Å². The molecule has 7 heteroatoms. The molecule has 2 rings (SSSR count). The van der Waals surface area contributed by atoms with E-state index in [-0.39, 0.29) is 11.8 Å². The van der Waals surface area contributed by atoms with Crippen LogP contribution in [0.2, 0.25) is 0 Å². The fraction of sp³-hybridized carbons (Fsp3) is 0.357. The van der Waals surface area contributed by atoms with Crippen LogP contribution in [0, 0.1) is 18.8 Å². The largest absolute Gasteiger partial charge is 0.316 e. The molecule has 0 aromatic carbocycles. The number of amides is 1. The van der Waals surface area contributed by atoms with E-state index in [2.05, 4.69) is 15.3 Å². The minimum absolute atomic E-state index is 0.0469. The van der Waals surface area contributed by atoms with E-state index in [1.165, 1.54) is 17.5 Å². The van der Waals surface area contributed by atoms with Gasteiger partial charge in [-0.15, -0.1) is 0 Å². The number of nitrogens with zero attached hydrogens (tertiary/aromatic N) is 2. The standard InChI is InChI=1S/C14H16FN3OS2/c1-8(7-20-3)12(19)18-13-9(2)17-14(21-13)10-5-4-6-16-11(10)15/h4-6,8H,7H2,1-3H3,(H,18,19). The molecule has 0 spiro atoms. The Balaban J connectivity index is 2.20. The summed E-state index contributed by atoms with van der Waals surface area (Å²) in [5.74, 6) is 0.0718. The first-order chi connectivity index (χ1) is 10.0. The topological polar surface area (TPSA) is 54.9 Å².